The van der Waals surface area contributed by atoms with Crippen LogP contribution in [0, 0.1) is 20.7 Å². The molecule has 132 valence electrons. The molecule has 0 spiro atoms. The van der Waals surface area contributed by atoms with Gasteiger partial charge >= 0.3 is 0 Å². The fourth-order valence-electron chi connectivity index (χ4n) is 2.78. The molecule has 0 amide bonds. The molecule has 1 aromatic carbocycles. The summed E-state index contributed by atoms with van der Waals surface area (Å²) in [6, 6.07) is 15.9. The van der Waals surface area contributed by atoms with Gasteiger partial charge in [-0.3, -0.25) is 0 Å². The predicted octanol–water partition coefficient (Wildman–Crippen LogP) is 5.77. The number of nitriles is 1. The van der Waals surface area contributed by atoms with Gasteiger partial charge in [-0.15, -0.1) is 11.8 Å². The Labute approximate surface area is 169 Å². The summed E-state index contributed by atoms with van der Waals surface area (Å²) in [7, 11) is 0. The van der Waals surface area contributed by atoms with Gasteiger partial charge in [-0.1, -0.05) is 42.5 Å². The normalized spacial score (nSPS) is 10.8. The summed E-state index contributed by atoms with van der Waals surface area (Å²) < 4.78 is 6.39. The van der Waals surface area contributed by atoms with Crippen LogP contribution in [0.2, 0.25) is 0 Å². The van der Waals surface area contributed by atoms with E-state index in [1.165, 1.54) is 11.8 Å². The quantitative estimate of drug-likeness (QED) is 0.329. The molecule has 3 heterocycles. The van der Waals surface area contributed by atoms with Gasteiger partial charge in [0, 0.05) is 5.75 Å². The first-order valence-corrected chi connectivity index (χ1v) is 9.78. The fraction of sp³-hybridized carbons (Fsp3) is 0.0526. The molecule has 5 nitrogen and oxygen atoms in total. The highest BCUT2D eigenvalue weighted by atomic mass is 32.2. The molecule has 3 aromatic heterocycles. The first-order chi connectivity index (χ1) is 13.2. The van der Waals surface area contributed by atoms with Gasteiger partial charge in [-0.2, -0.15) is 5.26 Å². The van der Waals surface area contributed by atoms with Gasteiger partial charge in [0.2, 0.25) is 0 Å². The lowest BCUT2D eigenvalue weighted by molar-refractivity contribution is 0.582. The van der Waals surface area contributed by atoms with Crippen LogP contribution in [0.25, 0.3) is 22.4 Å². The first kappa shape index (κ1) is 17.7. The Bertz CT molecular complexity index is 1270. The van der Waals surface area contributed by atoms with Crippen LogP contribution in [0.3, 0.4) is 0 Å². The molecule has 0 aliphatic rings. The van der Waals surface area contributed by atoms with Crippen LogP contribution in [0.5, 0.6) is 0 Å². The minimum absolute atomic E-state index is 0.383. The number of furan rings is 1. The zero-order valence-corrected chi connectivity index (χ0v) is 16.3. The number of H-pyrrole nitrogens is 2. The second-order valence-corrected chi connectivity index (χ2v) is 7.44. The first-order valence-electron chi connectivity index (χ1n) is 7.98. The van der Waals surface area contributed by atoms with E-state index < -0.39 is 0 Å². The standard InChI is InChI=1S/C19H12N4OS3/c20-9-12-14(13-7-4-8-24-13)15-16(22-19(26)23-17(15)25)21-18(12)27-10-11-5-2-1-3-6-11/h1-8H,10H2,(H2,21,22,23,25,26). The molecule has 4 rings (SSSR count). The Balaban J connectivity index is 1.95. The number of hydrogen-bond donors (Lipinski definition) is 2. The van der Waals surface area contributed by atoms with Gasteiger partial charge in [0.25, 0.3) is 0 Å². The number of pyridine rings is 1. The second-order valence-electron chi connectivity index (χ2n) is 5.66. The molecule has 0 bridgehead atoms. The van der Waals surface area contributed by atoms with Crippen LogP contribution in [0.1, 0.15) is 11.1 Å². The van der Waals surface area contributed by atoms with Crippen LogP contribution in [0.15, 0.2) is 58.2 Å². The maximum Gasteiger partial charge on any atom is 0.177 e. The van der Waals surface area contributed by atoms with Gasteiger partial charge in [-0.05, 0) is 29.9 Å². The van der Waals surface area contributed by atoms with E-state index in [1.807, 2.05) is 30.3 Å². The van der Waals surface area contributed by atoms with Gasteiger partial charge in [0.15, 0.2) is 4.77 Å². The van der Waals surface area contributed by atoms with E-state index in [0.717, 1.165) is 5.56 Å². The average Bonchev–Trinajstić information content (AvgIpc) is 3.20. The summed E-state index contributed by atoms with van der Waals surface area (Å²) in [5.41, 5.74) is 2.73. The molecule has 4 aromatic rings. The number of fused-ring (bicyclic) bond motifs is 1. The molecule has 0 unspecified atom stereocenters. The van der Waals surface area contributed by atoms with Crippen LogP contribution in [-0.2, 0) is 5.75 Å². The number of thioether (sulfide) groups is 1. The summed E-state index contributed by atoms with van der Waals surface area (Å²) in [5, 5.41) is 11.1. The maximum atomic E-state index is 9.88. The highest BCUT2D eigenvalue weighted by Gasteiger charge is 2.20. The molecule has 0 saturated heterocycles. The number of aromatic amines is 2. The molecule has 0 radical (unpaired) electrons. The predicted molar refractivity (Wildman–Crippen MR) is 111 cm³/mol. The Morgan fingerprint density at radius 1 is 1.11 bits per heavy atom. The maximum absolute atomic E-state index is 9.88. The van der Waals surface area contributed by atoms with Crippen molar-refractivity contribution in [3.05, 3.63) is 69.3 Å². The Kier molecular flexibility index (Phi) is 4.90. The van der Waals surface area contributed by atoms with Gasteiger partial charge in [0.1, 0.15) is 27.1 Å². The van der Waals surface area contributed by atoms with E-state index in [4.69, 9.17) is 28.9 Å². The highest BCUT2D eigenvalue weighted by molar-refractivity contribution is 7.98. The molecule has 0 aliphatic heterocycles. The van der Waals surface area contributed by atoms with E-state index in [2.05, 4.69) is 21.0 Å². The zero-order chi connectivity index (χ0) is 18.8. The monoisotopic (exact) mass is 408 g/mol. The summed E-state index contributed by atoms with van der Waals surface area (Å²) in [6.07, 6.45) is 1.57. The van der Waals surface area contributed by atoms with Crippen molar-refractivity contribution < 1.29 is 4.42 Å². The van der Waals surface area contributed by atoms with Crippen molar-refractivity contribution in [3.63, 3.8) is 0 Å². The molecule has 0 aliphatic carbocycles. The van der Waals surface area contributed by atoms with Crippen molar-refractivity contribution in [1.82, 2.24) is 15.0 Å². The molecule has 0 saturated carbocycles. The summed E-state index contributed by atoms with van der Waals surface area (Å²) in [4.78, 5) is 10.6. The molecular formula is C19H12N4OS3. The van der Waals surface area contributed by atoms with Crippen molar-refractivity contribution in [1.29, 1.82) is 5.26 Å². The largest absolute Gasteiger partial charge is 0.464 e. The molecule has 8 heteroatoms. The minimum atomic E-state index is 0.383. The van der Waals surface area contributed by atoms with E-state index >= 15 is 0 Å². The van der Waals surface area contributed by atoms with Crippen molar-refractivity contribution >= 4 is 47.2 Å². The van der Waals surface area contributed by atoms with Crippen LogP contribution >= 0.6 is 36.2 Å². The van der Waals surface area contributed by atoms with Crippen LogP contribution < -0.4 is 0 Å². The number of nitrogens with one attached hydrogen (secondary N) is 2. The highest BCUT2D eigenvalue weighted by Crippen LogP contribution is 2.37. The Morgan fingerprint density at radius 2 is 1.93 bits per heavy atom. The number of aromatic nitrogens is 3. The van der Waals surface area contributed by atoms with Crippen molar-refractivity contribution in [3.8, 4) is 17.4 Å². The topological polar surface area (TPSA) is 81.4 Å². The van der Waals surface area contributed by atoms with Gasteiger partial charge in [-0.25, -0.2) is 4.98 Å². The van der Waals surface area contributed by atoms with E-state index in [-0.39, 0.29) is 0 Å². The minimum Gasteiger partial charge on any atom is -0.464 e. The lowest BCUT2D eigenvalue weighted by Crippen LogP contribution is -1.99. The average molecular weight is 409 g/mol. The second kappa shape index (κ2) is 7.48. The van der Waals surface area contributed by atoms with Crippen molar-refractivity contribution in [2.75, 3.05) is 0 Å². The zero-order valence-electron chi connectivity index (χ0n) is 13.9. The Morgan fingerprint density at radius 3 is 2.63 bits per heavy atom. The fourth-order valence-corrected chi connectivity index (χ4v) is 4.29. The third-order valence-electron chi connectivity index (χ3n) is 3.95. The van der Waals surface area contributed by atoms with Gasteiger partial charge < -0.3 is 14.4 Å². The lowest BCUT2D eigenvalue weighted by Gasteiger charge is -2.11. The van der Waals surface area contributed by atoms with E-state index in [1.54, 1.807) is 18.4 Å². The van der Waals surface area contributed by atoms with Crippen LogP contribution in [-0.4, -0.2) is 15.0 Å². The van der Waals surface area contributed by atoms with Crippen molar-refractivity contribution in [2.45, 2.75) is 10.8 Å². The van der Waals surface area contributed by atoms with Gasteiger partial charge in [0.05, 0.1) is 22.8 Å². The van der Waals surface area contributed by atoms with E-state index in [0.29, 0.717) is 48.1 Å². The number of benzene rings is 1. The number of rotatable bonds is 4. The molecule has 0 fully saturated rings. The summed E-state index contributed by atoms with van der Waals surface area (Å²) in [6.45, 7) is 0. The van der Waals surface area contributed by atoms with E-state index in [9.17, 15) is 5.26 Å². The summed E-state index contributed by atoms with van der Waals surface area (Å²) >= 11 is 12.1. The third-order valence-corrected chi connectivity index (χ3v) is 5.50. The van der Waals surface area contributed by atoms with Crippen LogP contribution in [0.4, 0.5) is 0 Å². The molecule has 2 N–H and O–H groups in total. The summed E-state index contributed by atoms with van der Waals surface area (Å²) in [5.74, 6) is 1.25. The molecule has 0 atom stereocenters. The van der Waals surface area contributed by atoms with Crippen molar-refractivity contribution in [2.24, 2.45) is 0 Å². The third kappa shape index (κ3) is 3.45. The SMILES string of the molecule is N#Cc1c(SCc2ccccc2)nc2[nH]c(=S)[nH]c(=S)c2c1-c1ccco1. The number of nitrogens with zero attached hydrogens (tertiary/aromatic N) is 2. The Hall–Kier alpha value is -2.73. The smallest absolute Gasteiger partial charge is 0.177 e. The molecule has 27 heavy (non-hydrogen) atoms. The number of hydrogen-bond acceptors (Lipinski definition) is 6. The molecular weight excluding hydrogens is 396 g/mol. The lowest BCUT2D eigenvalue weighted by atomic mass is 10.1.